The molecule has 0 aliphatic heterocycles. The van der Waals surface area contributed by atoms with Crippen LogP contribution in [0.1, 0.15) is 11.1 Å². The van der Waals surface area contributed by atoms with Gasteiger partial charge in [-0.2, -0.15) is 0 Å². The molecule has 1 aromatic rings. The van der Waals surface area contributed by atoms with Gasteiger partial charge in [-0.05, 0) is 36.6 Å². The number of hydrogen-bond acceptors (Lipinski definition) is 3. The minimum Gasteiger partial charge on any atom is -0.508 e. The third-order valence-electron chi connectivity index (χ3n) is 2.04. The van der Waals surface area contributed by atoms with Gasteiger partial charge in [0, 0.05) is 6.04 Å². The molecule has 4 N–H and O–H groups in total. The summed E-state index contributed by atoms with van der Waals surface area (Å²) < 4.78 is 0. The molecule has 0 fully saturated rings. The number of rotatable bonds is 3. The van der Waals surface area contributed by atoms with Gasteiger partial charge in [-0.15, -0.1) is 12.4 Å². The second kappa shape index (κ2) is 5.86. The van der Waals surface area contributed by atoms with E-state index in [0.717, 1.165) is 11.1 Å². The third-order valence-corrected chi connectivity index (χ3v) is 2.04. The van der Waals surface area contributed by atoms with Crippen LogP contribution in [-0.2, 0) is 6.42 Å². The van der Waals surface area contributed by atoms with Crippen molar-refractivity contribution in [1.29, 1.82) is 0 Å². The highest BCUT2D eigenvalue weighted by Gasteiger charge is 2.05. The largest absolute Gasteiger partial charge is 0.508 e. The van der Waals surface area contributed by atoms with Gasteiger partial charge in [0.25, 0.3) is 0 Å². The molecule has 0 saturated heterocycles. The second-order valence-corrected chi connectivity index (χ2v) is 3.26. The van der Waals surface area contributed by atoms with Crippen molar-refractivity contribution >= 4 is 12.4 Å². The van der Waals surface area contributed by atoms with Crippen molar-refractivity contribution in [2.24, 2.45) is 5.73 Å². The van der Waals surface area contributed by atoms with Crippen LogP contribution in [0.15, 0.2) is 18.2 Å². The summed E-state index contributed by atoms with van der Waals surface area (Å²) in [4.78, 5) is 0. The molecule has 1 atom stereocenters. The molecule has 0 aliphatic carbocycles. The minimum atomic E-state index is -0.219. The normalized spacial score (nSPS) is 11.9. The van der Waals surface area contributed by atoms with E-state index in [0.29, 0.717) is 6.42 Å². The predicted octanol–water partition coefficient (Wildman–Crippen LogP) is 0.985. The highest BCUT2D eigenvalue weighted by Crippen LogP contribution is 2.16. The lowest BCUT2D eigenvalue weighted by Crippen LogP contribution is -2.27. The molecule has 0 amide bonds. The highest BCUT2D eigenvalue weighted by molar-refractivity contribution is 5.85. The van der Waals surface area contributed by atoms with Gasteiger partial charge in [0.15, 0.2) is 0 Å². The Morgan fingerprint density at radius 1 is 1.43 bits per heavy atom. The Morgan fingerprint density at radius 3 is 2.57 bits per heavy atom. The van der Waals surface area contributed by atoms with E-state index in [4.69, 9.17) is 15.9 Å². The topological polar surface area (TPSA) is 66.5 Å². The van der Waals surface area contributed by atoms with Gasteiger partial charge in [0.1, 0.15) is 5.75 Å². The molecule has 1 aromatic carbocycles. The van der Waals surface area contributed by atoms with Crippen LogP contribution in [0.3, 0.4) is 0 Å². The van der Waals surface area contributed by atoms with Crippen LogP contribution in [0.25, 0.3) is 0 Å². The molecule has 0 radical (unpaired) electrons. The number of aryl methyl sites for hydroxylation is 1. The van der Waals surface area contributed by atoms with Gasteiger partial charge in [0.05, 0.1) is 6.61 Å². The number of aromatic hydroxyl groups is 1. The van der Waals surface area contributed by atoms with Crippen molar-refractivity contribution in [3.63, 3.8) is 0 Å². The maximum atomic E-state index is 9.15. The van der Waals surface area contributed by atoms with E-state index in [1.807, 2.05) is 13.0 Å². The number of benzene rings is 1. The zero-order valence-corrected chi connectivity index (χ0v) is 8.92. The molecule has 0 heterocycles. The van der Waals surface area contributed by atoms with Gasteiger partial charge in [-0.25, -0.2) is 0 Å². The number of phenolic OH excluding ortho intramolecular Hbond substituents is 1. The summed E-state index contributed by atoms with van der Waals surface area (Å²) in [5, 5.41) is 17.9. The van der Waals surface area contributed by atoms with E-state index in [1.165, 1.54) is 0 Å². The molecule has 4 heteroatoms. The van der Waals surface area contributed by atoms with Crippen LogP contribution >= 0.6 is 12.4 Å². The standard InChI is InChI=1S/C10H15NO2.ClH/c1-7-4-10(13)3-2-8(7)5-9(11)6-12;/h2-4,9,12-13H,5-6,11H2,1H3;1H. The van der Waals surface area contributed by atoms with Crippen LogP contribution < -0.4 is 5.73 Å². The van der Waals surface area contributed by atoms with Crippen LogP contribution in [0.5, 0.6) is 5.75 Å². The summed E-state index contributed by atoms with van der Waals surface area (Å²) in [5.74, 6) is 0.263. The van der Waals surface area contributed by atoms with E-state index < -0.39 is 0 Å². The summed E-state index contributed by atoms with van der Waals surface area (Å²) in [6, 6.07) is 4.94. The van der Waals surface area contributed by atoms with Crippen LogP contribution in [0, 0.1) is 6.92 Å². The van der Waals surface area contributed by atoms with Crippen molar-refractivity contribution < 1.29 is 10.2 Å². The fraction of sp³-hybridized carbons (Fsp3) is 0.400. The predicted molar refractivity (Wildman–Crippen MR) is 58.9 cm³/mol. The summed E-state index contributed by atoms with van der Waals surface area (Å²) in [6.45, 7) is 1.90. The SMILES string of the molecule is Cc1cc(O)ccc1CC(N)CO.Cl. The summed E-state index contributed by atoms with van der Waals surface area (Å²) in [7, 11) is 0. The van der Waals surface area contributed by atoms with Crippen LogP contribution in [0.2, 0.25) is 0 Å². The molecule has 0 aliphatic rings. The number of halogens is 1. The maximum Gasteiger partial charge on any atom is 0.115 e. The van der Waals surface area contributed by atoms with E-state index in [2.05, 4.69) is 0 Å². The Balaban J connectivity index is 0.00000169. The first kappa shape index (κ1) is 13.2. The molecule has 80 valence electrons. The van der Waals surface area contributed by atoms with Crippen molar-refractivity contribution in [2.75, 3.05) is 6.61 Å². The molecule has 0 aromatic heterocycles. The quantitative estimate of drug-likeness (QED) is 0.707. The second-order valence-electron chi connectivity index (χ2n) is 3.26. The molecule has 0 saturated carbocycles. The van der Waals surface area contributed by atoms with Gasteiger partial charge in [-0.3, -0.25) is 0 Å². The Bertz CT molecular complexity index is 291. The first-order valence-corrected chi connectivity index (χ1v) is 4.28. The number of nitrogens with two attached hydrogens (primary N) is 1. The van der Waals surface area contributed by atoms with Gasteiger partial charge in [0.2, 0.25) is 0 Å². The van der Waals surface area contributed by atoms with E-state index >= 15 is 0 Å². The summed E-state index contributed by atoms with van der Waals surface area (Å²) in [5.41, 5.74) is 7.67. The average molecular weight is 218 g/mol. The van der Waals surface area contributed by atoms with Gasteiger partial charge >= 0.3 is 0 Å². The molecular weight excluding hydrogens is 202 g/mol. The monoisotopic (exact) mass is 217 g/mol. The van der Waals surface area contributed by atoms with E-state index in [9.17, 15) is 0 Å². The third kappa shape index (κ3) is 3.54. The minimum absolute atomic E-state index is 0. The lowest BCUT2D eigenvalue weighted by molar-refractivity contribution is 0.265. The number of aliphatic hydroxyl groups excluding tert-OH is 1. The summed E-state index contributed by atoms with van der Waals surface area (Å²) in [6.07, 6.45) is 0.641. The first-order chi connectivity index (χ1) is 6.13. The molecule has 0 bridgehead atoms. The van der Waals surface area contributed by atoms with Gasteiger partial charge < -0.3 is 15.9 Å². The van der Waals surface area contributed by atoms with Crippen molar-refractivity contribution in [3.05, 3.63) is 29.3 Å². The number of phenols is 1. The lowest BCUT2D eigenvalue weighted by atomic mass is 10.0. The van der Waals surface area contributed by atoms with Crippen molar-refractivity contribution in [2.45, 2.75) is 19.4 Å². The Morgan fingerprint density at radius 2 is 2.07 bits per heavy atom. The van der Waals surface area contributed by atoms with Crippen molar-refractivity contribution in [1.82, 2.24) is 0 Å². The Hall–Kier alpha value is -0.770. The molecular formula is C10H16ClNO2. The summed E-state index contributed by atoms with van der Waals surface area (Å²) >= 11 is 0. The average Bonchev–Trinajstić information content (AvgIpc) is 2.09. The number of hydrogen-bond donors (Lipinski definition) is 3. The smallest absolute Gasteiger partial charge is 0.115 e. The molecule has 1 unspecified atom stereocenters. The number of aliphatic hydroxyl groups is 1. The van der Waals surface area contributed by atoms with Gasteiger partial charge in [-0.1, -0.05) is 6.07 Å². The fourth-order valence-electron chi connectivity index (χ4n) is 1.26. The first-order valence-electron chi connectivity index (χ1n) is 4.28. The lowest BCUT2D eigenvalue weighted by Gasteiger charge is -2.10. The molecule has 14 heavy (non-hydrogen) atoms. The zero-order valence-electron chi connectivity index (χ0n) is 8.10. The van der Waals surface area contributed by atoms with Crippen molar-refractivity contribution in [3.8, 4) is 5.75 Å². The Kier molecular flexibility index (Phi) is 5.53. The van der Waals surface area contributed by atoms with E-state index in [1.54, 1.807) is 12.1 Å². The molecule has 0 spiro atoms. The molecule has 3 nitrogen and oxygen atoms in total. The fourth-order valence-corrected chi connectivity index (χ4v) is 1.26. The molecule has 1 rings (SSSR count). The zero-order chi connectivity index (χ0) is 9.84. The Labute approximate surface area is 90.0 Å². The van der Waals surface area contributed by atoms with Crippen LogP contribution in [0.4, 0.5) is 0 Å². The van der Waals surface area contributed by atoms with E-state index in [-0.39, 0.29) is 30.8 Å². The van der Waals surface area contributed by atoms with Crippen LogP contribution in [-0.4, -0.2) is 22.9 Å². The maximum absolute atomic E-state index is 9.15. The highest BCUT2D eigenvalue weighted by atomic mass is 35.5.